The smallest absolute Gasteiger partial charge is 0.417 e. The lowest BCUT2D eigenvalue weighted by Gasteiger charge is -2.30. The summed E-state index contributed by atoms with van der Waals surface area (Å²) in [6.07, 6.45) is -3.60. The molecule has 0 radical (unpaired) electrons. The summed E-state index contributed by atoms with van der Waals surface area (Å²) in [5.74, 6) is -3.96. The fraction of sp³-hybridized carbons (Fsp3) is 0.353. The summed E-state index contributed by atoms with van der Waals surface area (Å²) in [6.45, 7) is -3.88. The Labute approximate surface area is 154 Å². The zero-order chi connectivity index (χ0) is 20.5. The lowest BCUT2D eigenvalue weighted by molar-refractivity contribution is -0.0984. The van der Waals surface area contributed by atoms with Gasteiger partial charge < -0.3 is 14.4 Å². The minimum Gasteiger partial charge on any atom is -0.490 e. The Morgan fingerprint density at radius 2 is 1.93 bits per heavy atom. The maximum absolute atomic E-state index is 14.1. The van der Waals surface area contributed by atoms with E-state index in [1.54, 1.807) is 0 Å². The van der Waals surface area contributed by atoms with Crippen molar-refractivity contribution in [3.05, 3.63) is 52.9 Å². The molecule has 0 aromatic heterocycles. The van der Waals surface area contributed by atoms with Gasteiger partial charge in [0.25, 0.3) is 0 Å². The molecule has 11 heteroatoms. The fourth-order valence-corrected chi connectivity index (χ4v) is 2.70. The van der Waals surface area contributed by atoms with Crippen molar-refractivity contribution in [1.82, 2.24) is 4.90 Å². The van der Waals surface area contributed by atoms with E-state index >= 15 is 0 Å². The van der Waals surface area contributed by atoms with Crippen LogP contribution in [0, 0.1) is 11.6 Å². The fourth-order valence-electron chi connectivity index (χ4n) is 2.70. The highest BCUT2D eigenvalue weighted by Gasteiger charge is 2.38. The molecule has 0 saturated heterocycles. The van der Waals surface area contributed by atoms with Crippen LogP contribution < -0.4 is 4.74 Å². The number of hydrogen-bond acceptors (Lipinski definition) is 4. The number of benzene rings is 1. The van der Waals surface area contributed by atoms with Gasteiger partial charge in [0, 0.05) is 24.7 Å². The number of rotatable bonds is 2. The summed E-state index contributed by atoms with van der Waals surface area (Å²) >= 11 is 0. The standard InChI is InChI=1S/C17H13F7N2O2/c18-11-3-2-9-7-26-8-10(17(22,23)24)6-12(28-16(20)21)15(26)25-4-1-5-27-14(9)13(11)19/h2-3,6,8,16H,1,4-5,7H2. The predicted octanol–water partition coefficient (Wildman–Crippen LogP) is 4.53. The summed E-state index contributed by atoms with van der Waals surface area (Å²) in [6, 6.07) is 1.94. The third-order valence-corrected chi connectivity index (χ3v) is 3.90. The van der Waals surface area contributed by atoms with Crippen LogP contribution in [0.25, 0.3) is 0 Å². The highest BCUT2D eigenvalue weighted by Crippen LogP contribution is 2.34. The molecule has 0 amide bonds. The molecular weight excluding hydrogens is 397 g/mol. The topological polar surface area (TPSA) is 34.1 Å². The first-order valence-electron chi connectivity index (χ1n) is 8.03. The van der Waals surface area contributed by atoms with Crippen LogP contribution in [0.5, 0.6) is 5.75 Å². The van der Waals surface area contributed by atoms with E-state index in [1.165, 1.54) is 0 Å². The van der Waals surface area contributed by atoms with E-state index in [4.69, 9.17) is 4.74 Å². The molecule has 0 atom stereocenters. The number of fused-ring (bicyclic) bond motifs is 2. The molecule has 3 rings (SSSR count). The average Bonchev–Trinajstić information content (AvgIpc) is 2.60. The molecule has 0 aliphatic carbocycles. The molecule has 2 aliphatic heterocycles. The Balaban J connectivity index is 2.09. The molecule has 2 aliphatic rings. The van der Waals surface area contributed by atoms with Crippen molar-refractivity contribution in [2.45, 2.75) is 25.8 Å². The first-order valence-corrected chi connectivity index (χ1v) is 8.03. The van der Waals surface area contributed by atoms with Crippen molar-refractivity contribution < 1.29 is 40.2 Å². The molecule has 2 heterocycles. The quantitative estimate of drug-likeness (QED) is 0.672. The van der Waals surface area contributed by atoms with E-state index in [-0.39, 0.29) is 31.0 Å². The molecule has 0 bridgehead atoms. The monoisotopic (exact) mass is 410 g/mol. The number of hydrogen-bond donors (Lipinski definition) is 0. The highest BCUT2D eigenvalue weighted by molar-refractivity contribution is 5.99. The molecular formula is C17H13F7N2O2. The van der Waals surface area contributed by atoms with Gasteiger partial charge in [0.1, 0.15) is 0 Å². The molecule has 152 valence electrons. The van der Waals surface area contributed by atoms with Crippen LogP contribution in [0.1, 0.15) is 12.0 Å². The zero-order valence-electron chi connectivity index (χ0n) is 14.1. The van der Waals surface area contributed by atoms with Crippen LogP contribution >= 0.6 is 0 Å². The Morgan fingerprint density at radius 1 is 1.18 bits per heavy atom. The van der Waals surface area contributed by atoms with Gasteiger partial charge in [-0.05, 0) is 12.1 Å². The van der Waals surface area contributed by atoms with Crippen molar-refractivity contribution in [1.29, 1.82) is 0 Å². The second-order valence-corrected chi connectivity index (χ2v) is 5.85. The molecule has 0 N–H and O–H groups in total. The minimum atomic E-state index is -4.86. The summed E-state index contributed by atoms with van der Waals surface area (Å²) in [4.78, 5) is 4.92. The van der Waals surface area contributed by atoms with Crippen LogP contribution in [0.2, 0.25) is 0 Å². The zero-order valence-corrected chi connectivity index (χ0v) is 14.1. The number of aliphatic imine (C=N–C) groups is 1. The first-order chi connectivity index (χ1) is 13.2. The number of alkyl halides is 5. The molecule has 4 nitrogen and oxygen atoms in total. The number of halogens is 7. The van der Waals surface area contributed by atoms with Gasteiger partial charge in [-0.3, -0.25) is 4.99 Å². The molecule has 28 heavy (non-hydrogen) atoms. The molecule has 0 spiro atoms. The van der Waals surface area contributed by atoms with Crippen molar-refractivity contribution >= 4 is 5.84 Å². The maximum atomic E-state index is 14.1. The van der Waals surface area contributed by atoms with Crippen molar-refractivity contribution in [3.8, 4) is 5.75 Å². The number of amidine groups is 1. The van der Waals surface area contributed by atoms with Gasteiger partial charge in [0.15, 0.2) is 23.2 Å². The van der Waals surface area contributed by atoms with Gasteiger partial charge in [-0.15, -0.1) is 0 Å². The largest absolute Gasteiger partial charge is 0.490 e. The van der Waals surface area contributed by atoms with Crippen LogP contribution in [-0.4, -0.2) is 36.7 Å². The predicted molar refractivity (Wildman–Crippen MR) is 83.6 cm³/mol. The minimum absolute atomic E-state index is 0.0166. The number of allylic oxidation sites excluding steroid dienone is 2. The summed E-state index contributed by atoms with van der Waals surface area (Å²) in [5, 5.41) is 0. The van der Waals surface area contributed by atoms with E-state index in [0.29, 0.717) is 12.3 Å². The maximum Gasteiger partial charge on any atom is 0.417 e. The van der Waals surface area contributed by atoms with Crippen LogP contribution in [-0.2, 0) is 11.3 Å². The summed E-state index contributed by atoms with van der Waals surface area (Å²) < 4.78 is 102. The van der Waals surface area contributed by atoms with E-state index in [9.17, 15) is 30.7 Å². The Kier molecular flexibility index (Phi) is 5.52. The summed E-state index contributed by atoms with van der Waals surface area (Å²) in [7, 11) is 0. The van der Waals surface area contributed by atoms with Crippen molar-refractivity contribution in [2.75, 3.05) is 13.2 Å². The number of nitrogens with zero attached hydrogens (tertiary/aromatic N) is 2. The Bertz CT molecular complexity index is 847. The van der Waals surface area contributed by atoms with Crippen molar-refractivity contribution in [3.63, 3.8) is 0 Å². The third kappa shape index (κ3) is 4.23. The van der Waals surface area contributed by atoms with Gasteiger partial charge in [-0.1, -0.05) is 6.07 Å². The summed E-state index contributed by atoms with van der Waals surface area (Å²) in [5.41, 5.74) is -1.24. The molecule has 1 aromatic carbocycles. The van der Waals surface area contributed by atoms with Crippen LogP contribution in [0.15, 0.2) is 40.7 Å². The van der Waals surface area contributed by atoms with E-state index in [0.717, 1.165) is 17.0 Å². The van der Waals surface area contributed by atoms with Crippen LogP contribution in [0.4, 0.5) is 30.7 Å². The Hall–Kier alpha value is -2.72. The van der Waals surface area contributed by atoms with Gasteiger partial charge in [-0.2, -0.15) is 26.3 Å². The third-order valence-electron chi connectivity index (χ3n) is 3.90. The molecule has 1 aromatic rings. The lowest BCUT2D eigenvalue weighted by Crippen LogP contribution is -2.34. The van der Waals surface area contributed by atoms with E-state index < -0.39 is 48.0 Å². The van der Waals surface area contributed by atoms with E-state index in [1.807, 2.05) is 0 Å². The van der Waals surface area contributed by atoms with Crippen LogP contribution in [0.3, 0.4) is 0 Å². The Morgan fingerprint density at radius 3 is 2.61 bits per heavy atom. The first kappa shape index (κ1) is 20.0. The number of ether oxygens (including phenoxy) is 2. The SMILES string of the molecule is Fc1ccc2c(c1F)OCCCN=C1C(OC(F)F)=CC(C(F)(F)F)=CN1C2. The molecule has 0 fully saturated rings. The lowest BCUT2D eigenvalue weighted by atomic mass is 10.1. The van der Waals surface area contributed by atoms with E-state index in [2.05, 4.69) is 9.73 Å². The highest BCUT2D eigenvalue weighted by atomic mass is 19.4. The van der Waals surface area contributed by atoms with Gasteiger partial charge in [-0.25, -0.2) is 4.39 Å². The van der Waals surface area contributed by atoms with Gasteiger partial charge >= 0.3 is 12.8 Å². The van der Waals surface area contributed by atoms with Crippen molar-refractivity contribution in [2.24, 2.45) is 4.99 Å². The van der Waals surface area contributed by atoms with Gasteiger partial charge in [0.2, 0.25) is 5.82 Å². The average molecular weight is 410 g/mol. The molecule has 0 unspecified atom stereocenters. The molecule has 0 saturated carbocycles. The second-order valence-electron chi connectivity index (χ2n) is 5.85. The second kappa shape index (κ2) is 7.72. The normalized spacial score (nSPS) is 17.7. The van der Waals surface area contributed by atoms with Gasteiger partial charge in [0.05, 0.1) is 18.7 Å².